The maximum Gasteiger partial charge on any atom is 0.240 e. The zero-order chi connectivity index (χ0) is 13.4. The van der Waals surface area contributed by atoms with Gasteiger partial charge in [0.15, 0.2) is 0 Å². The lowest BCUT2D eigenvalue weighted by Gasteiger charge is -2.05. The van der Waals surface area contributed by atoms with Crippen molar-refractivity contribution in [3.63, 3.8) is 0 Å². The zero-order valence-electron chi connectivity index (χ0n) is 10.2. The van der Waals surface area contributed by atoms with E-state index < -0.39 is 0 Å². The number of rotatable bonds is 2. The molecule has 1 aromatic carbocycles. The molecule has 4 aromatic rings. The van der Waals surface area contributed by atoms with Crippen LogP contribution in [-0.2, 0) is 0 Å². The van der Waals surface area contributed by atoms with Crippen LogP contribution in [0.15, 0.2) is 48.4 Å². The van der Waals surface area contributed by atoms with Gasteiger partial charge in [0.2, 0.25) is 5.88 Å². The normalized spacial score (nSPS) is 11.0. The number of ether oxygens (including phenoxy) is 1. The van der Waals surface area contributed by atoms with Gasteiger partial charge in [-0.15, -0.1) is 11.3 Å². The Hall–Kier alpha value is -2.60. The Labute approximate surface area is 117 Å². The summed E-state index contributed by atoms with van der Waals surface area (Å²) in [5.41, 5.74) is 2.52. The van der Waals surface area contributed by atoms with E-state index in [2.05, 4.69) is 19.9 Å². The SMILES string of the molecule is c1cnc2cc(Oc3ncnc4ccsc34)ccc2n1. The molecule has 0 fully saturated rings. The molecule has 0 aliphatic heterocycles. The Morgan fingerprint density at radius 3 is 2.70 bits per heavy atom. The predicted molar refractivity (Wildman–Crippen MR) is 77.0 cm³/mol. The van der Waals surface area contributed by atoms with Crippen LogP contribution in [0.3, 0.4) is 0 Å². The minimum atomic E-state index is 0.563. The smallest absolute Gasteiger partial charge is 0.240 e. The molecule has 0 spiro atoms. The molecule has 0 radical (unpaired) electrons. The van der Waals surface area contributed by atoms with E-state index in [4.69, 9.17) is 4.74 Å². The summed E-state index contributed by atoms with van der Waals surface area (Å²) in [4.78, 5) is 16.9. The summed E-state index contributed by atoms with van der Waals surface area (Å²) in [5, 5.41) is 1.97. The maximum absolute atomic E-state index is 5.85. The van der Waals surface area contributed by atoms with Gasteiger partial charge < -0.3 is 4.74 Å². The Morgan fingerprint density at radius 1 is 0.850 bits per heavy atom. The van der Waals surface area contributed by atoms with Gasteiger partial charge in [0.05, 0.1) is 16.6 Å². The van der Waals surface area contributed by atoms with Gasteiger partial charge >= 0.3 is 0 Å². The molecule has 0 N–H and O–H groups in total. The molecule has 96 valence electrons. The minimum absolute atomic E-state index is 0.563. The van der Waals surface area contributed by atoms with Crippen LogP contribution in [-0.4, -0.2) is 19.9 Å². The summed E-state index contributed by atoms with van der Waals surface area (Å²) >= 11 is 1.56. The quantitative estimate of drug-likeness (QED) is 0.563. The monoisotopic (exact) mass is 280 g/mol. The summed E-state index contributed by atoms with van der Waals surface area (Å²) in [6, 6.07) is 7.54. The summed E-state index contributed by atoms with van der Waals surface area (Å²) in [6.45, 7) is 0. The number of thiophene rings is 1. The summed E-state index contributed by atoms with van der Waals surface area (Å²) in [5.74, 6) is 1.25. The van der Waals surface area contributed by atoms with Crippen molar-refractivity contribution in [1.82, 2.24) is 19.9 Å². The van der Waals surface area contributed by atoms with Gasteiger partial charge in [-0.2, -0.15) is 0 Å². The van der Waals surface area contributed by atoms with Gasteiger partial charge in [0, 0.05) is 18.5 Å². The second kappa shape index (κ2) is 4.50. The van der Waals surface area contributed by atoms with E-state index in [1.165, 1.54) is 6.33 Å². The molecule has 4 rings (SSSR count). The zero-order valence-corrected chi connectivity index (χ0v) is 11.0. The number of fused-ring (bicyclic) bond motifs is 2. The highest BCUT2D eigenvalue weighted by Gasteiger charge is 2.08. The van der Waals surface area contributed by atoms with Crippen molar-refractivity contribution in [2.75, 3.05) is 0 Å². The van der Waals surface area contributed by atoms with E-state index in [1.54, 1.807) is 23.7 Å². The van der Waals surface area contributed by atoms with Crippen molar-refractivity contribution in [2.45, 2.75) is 0 Å². The molecular weight excluding hydrogens is 272 g/mol. The first-order valence-electron chi connectivity index (χ1n) is 5.97. The molecule has 5 nitrogen and oxygen atoms in total. The lowest BCUT2D eigenvalue weighted by molar-refractivity contribution is 0.469. The minimum Gasteiger partial charge on any atom is -0.437 e. The second-order valence-corrected chi connectivity index (χ2v) is 5.04. The highest BCUT2D eigenvalue weighted by Crippen LogP contribution is 2.31. The van der Waals surface area contributed by atoms with Crippen LogP contribution in [0.2, 0.25) is 0 Å². The fourth-order valence-electron chi connectivity index (χ4n) is 1.96. The van der Waals surface area contributed by atoms with E-state index in [9.17, 15) is 0 Å². The molecule has 0 atom stereocenters. The van der Waals surface area contributed by atoms with E-state index in [0.29, 0.717) is 11.6 Å². The molecule has 0 aliphatic carbocycles. The number of nitrogens with zero attached hydrogens (tertiary/aromatic N) is 4. The molecule has 3 heterocycles. The largest absolute Gasteiger partial charge is 0.437 e. The van der Waals surface area contributed by atoms with Crippen LogP contribution in [0, 0.1) is 0 Å². The van der Waals surface area contributed by atoms with Crippen molar-refractivity contribution >= 4 is 32.6 Å². The van der Waals surface area contributed by atoms with Crippen LogP contribution < -0.4 is 4.74 Å². The van der Waals surface area contributed by atoms with Gasteiger partial charge in [-0.3, -0.25) is 9.97 Å². The molecule has 0 saturated carbocycles. The molecule has 0 unspecified atom stereocenters. The number of hydrogen-bond donors (Lipinski definition) is 0. The number of benzene rings is 1. The molecular formula is C14H8N4OS. The van der Waals surface area contributed by atoms with Gasteiger partial charge in [0.1, 0.15) is 16.8 Å². The average molecular weight is 280 g/mol. The van der Waals surface area contributed by atoms with E-state index in [1.807, 2.05) is 29.6 Å². The van der Waals surface area contributed by atoms with Crippen LogP contribution >= 0.6 is 11.3 Å². The maximum atomic E-state index is 5.85. The summed E-state index contributed by atoms with van der Waals surface area (Å²) in [7, 11) is 0. The topological polar surface area (TPSA) is 60.8 Å². The van der Waals surface area contributed by atoms with Crippen LogP contribution in [0.4, 0.5) is 0 Å². The van der Waals surface area contributed by atoms with Crippen LogP contribution in [0.25, 0.3) is 21.3 Å². The molecule has 0 saturated heterocycles. The standard InChI is InChI=1S/C14H8N4OS/c1-2-10-12(16-5-4-15-10)7-9(1)19-14-13-11(3-6-20-13)17-8-18-14/h1-8H. The molecule has 0 bridgehead atoms. The summed E-state index contributed by atoms with van der Waals surface area (Å²) < 4.78 is 6.79. The first-order valence-corrected chi connectivity index (χ1v) is 6.85. The van der Waals surface area contributed by atoms with E-state index in [0.717, 1.165) is 21.3 Å². The Bertz CT molecular complexity index is 906. The molecule has 0 amide bonds. The highest BCUT2D eigenvalue weighted by molar-refractivity contribution is 7.17. The Kier molecular flexibility index (Phi) is 2.53. The van der Waals surface area contributed by atoms with Gasteiger partial charge in [0.25, 0.3) is 0 Å². The fraction of sp³-hybridized carbons (Fsp3) is 0. The van der Waals surface area contributed by atoms with Gasteiger partial charge in [-0.05, 0) is 23.6 Å². The van der Waals surface area contributed by atoms with Gasteiger partial charge in [-0.1, -0.05) is 0 Å². The average Bonchev–Trinajstić information content (AvgIpc) is 2.97. The lowest BCUT2D eigenvalue weighted by Crippen LogP contribution is -1.90. The third-order valence-electron chi connectivity index (χ3n) is 2.87. The lowest BCUT2D eigenvalue weighted by atomic mass is 10.3. The van der Waals surface area contributed by atoms with Crippen molar-refractivity contribution in [3.05, 3.63) is 48.4 Å². The molecule has 0 aliphatic rings. The number of aromatic nitrogens is 4. The third-order valence-corrected chi connectivity index (χ3v) is 3.76. The van der Waals surface area contributed by atoms with Crippen molar-refractivity contribution in [3.8, 4) is 11.6 Å². The molecule has 3 aromatic heterocycles. The first-order chi connectivity index (χ1) is 9.90. The van der Waals surface area contributed by atoms with Crippen LogP contribution in [0.5, 0.6) is 11.6 Å². The van der Waals surface area contributed by atoms with Gasteiger partial charge in [-0.25, -0.2) is 9.97 Å². The first kappa shape index (κ1) is 11.2. The Morgan fingerprint density at radius 2 is 1.75 bits per heavy atom. The fourth-order valence-corrected chi connectivity index (χ4v) is 2.73. The van der Waals surface area contributed by atoms with Crippen molar-refractivity contribution < 1.29 is 4.74 Å². The summed E-state index contributed by atoms with van der Waals surface area (Å²) in [6.07, 6.45) is 4.84. The predicted octanol–water partition coefficient (Wildman–Crippen LogP) is 3.43. The van der Waals surface area contributed by atoms with Crippen LogP contribution in [0.1, 0.15) is 0 Å². The molecule has 20 heavy (non-hydrogen) atoms. The second-order valence-electron chi connectivity index (χ2n) is 4.12. The number of hydrogen-bond acceptors (Lipinski definition) is 6. The van der Waals surface area contributed by atoms with Crippen molar-refractivity contribution in [1.29, 1.82) is 0 Å². The highest BCUT2D eigenvalue weighted by atomic mass is 32.1. The van der Waals surface area contributed by atoms with E-state index >= 15 is 0 Å². The third kappa shape index (κ3) is 1.86. The molecule has 6 heteroatoms. The van der Waals surface area contributed by atoms with Crippen molar-refractivity contribution in [2.24, 2.45) is 0 Å². The van der Waals surface area contributed by atoms with E-state index in [-0.39, 0.29) is 0 Å². The Balaban J connectivity index is 1.78.